The van der Waals surface area contributed by atoms with Crippen LogP contribution >= 0.6 is 0 Å². The Kier molecular flexibility index (Phi) is 5.47. The normalized spacial score (nSPS) is 18.8. The van der Waals surface area contributed by atoms with Crippen LogP contribution in [0.5, 0.6) is 0 Å². The van der Waals surface area contributed by atoms with E-state index in [2.05, 4.69) is 10.6 Å². The van der Waals surface area contributed by atoms with Crippen LogP contribution in [-0.2, 0) is 4.74 Å². The van der Waals surface area contributed by atoms with Gasteiger partial charge in [-0.2, -0.15) is 0 Å². The van der Waals surface area contributed by atoms with Crippen molar-refractivity contribution in [3.8, 4) is 0 Å². The van der Waals surface area contributed by atoms with Gasteiger partial charge in [0.25, 0.3) is 0 Å². The average molecular weight is 214 g/mol. The minimum absolute atomic E-state index is 0.0616. The van der Waals surface area contributed by atoms with E-state index in [0.717, 1.165) is 12.8 Å². The van der Waals surface area contributed by atoms with Crippen molar-refractivity contribution in [3.63, 3.8) is 0 Å². The Morgan fingerprint density at radius 3 is 2.73 bits per heavy atom. The molecule has 0 aliphatic heterocycles. The van der Waals surface area contributed by atoms with Crippen LogP contribution in [0.25, 0.3) is 0 Å². The summed E-state index contributed by atoms with van der Waals surface area (Å²) >= 11 is 0. The van der Waals surface area contributed by atoms with Crippen LogP contribution in [0, 0.1) is 0 Å². The highest BCUT2D eigenvalue weighted by Crippen LogP contribution is 2.17. The molecule has 2 amide bonds. The Balaban J connectivity index is 2.07. The SMILES string of the molecule is CCOC(C)CNC(=O)NC1CCCC1. The van der Waals surface area contributed by atoms with Crippen LogP contribution < -0.4 is 10.6 Å². The number of ether oxygens (including phenoxy) is 1. The standard InChI is InChI=1S/C11H22N2O2/c1-3-15-9(2)8-12-11(14)13-10-6-4-5-7-10/h9-10H,3-8H2,1-2H3,(H2,12,13,14). The second-order valence-corrected chi connectivity index (χ2v) is 4.10. The molecule has 0 saturated heterocycles. The molecule has 1 fully saturated rings. The van der Waals surface area contributed by atoms with Crippen LogP contribution in [0.2, 0.25) is 0 Å². The lowest BCUT2D eigenvalue weighted by Crippen LogP contribution is -2.43. The van der Waals surface area contributed by atoms with Crippen LogP contribution in [0.3, 0.4) is 0 Å². The molecule has 88 valence electrons. The highest BCUT2D eigenvalue weighted by Gasteiger charge is 2.16. The molecule has 1 saturated carbocycles. The molecule has 0 radical (unpaired) electrons. The number of rotatable bonds is 5. The molecule has 1 unspecified atom stereocenters. The fraction of sp³-hybridized carbons (Fsp3) is 0.909. The summed E-state index contributed by atoms with van der Waals surface area (Å²) in [7, 11) is 0. The van der Waals surface area contributed by atoms with Crippen molar-refractivity contribution in [1.82, 2.24) is 10.6 Å². The first kappa shape index (κ1) is 12.3. The molecule has 0 heterocycles. The molecule has 0 aromatic rings. The van der Waals surface area contributed by atoms with Gasteiger partial charge in [-0.1, -0.05) is 12.8 Å². The van der Waals surface area contributed by atoms with Crippen molar-refractivity contribution < 1.29 is 9.53 Å². The highest BCUT2D eigenvalue weighted by atomic mass is 16.5. The van der Waals surface area contributed by atoms with Gasteiger partial charge in [-0.25, -0.2) is 4.79 Å². The van der Waals surface area contributed by atoms with Crippen LogP contribution in [0.15, 0.2) is 0 Å². The van der Waals surface area contributed by atoms with Gasteiger partial charge >= 0.3 is 6.03 Å². The first-order chi connectivity index (χ1) is 7.22. The van der Waals surface area contributed by atoms with Gasteiger partial charge in [0.05, 0.1) is 6.10 Å². The summed E-state index contributed by atoms with van der Waals surface area (Å²) in [5, 5.41) is 5.79. The number of carbonyl (C=O) groups excluding carboxylic acids is 1. The summed E-state index contributed by atoms with van der Waals surface area (Å²) in [4.78, 5) is 11.4. The summed E-state index contributed by atoms with van der Waals surface area (Å²) in [6.07, 6.45) is 4.80. The van der Waals surface area contributed by atoms with Gasteiger partial charge in [0.2, 0.25) is 0 Å². The Morgan fingerprint density at radius 1 is 1.47 bits per heavy atom. The van der Waals surface area contributed by atoms with E-state index in [-0.39, 0.29) is 12.1 Å². The lowest BCUT2D eigenvalue weighted by Gasteiger charge is -2.15. The summed E-state index contributed by atoms with van der Waals surface area (Å²) in [5.41, 5.74) is 0. The predicted molar refractivity (Wildman–Crippen MR) is 59.9 cm³/mol. The zero-order valence-corrected chi connectivity index (χ0v) is 9.71. The second kappa shape index (κ2) is 6.67. The largest absolute Gasteiger partial charge is 0.377 e. The summed E-state index contributed by atoms with van der Waals surface area (Å²) in [6, 6.07) is 0.320. The minimum Gasteiger partial charge on any atom is -0.377 e. The van der Waals surface area contributed by atoms with Gasteiger partial charge in [-0.15, -0.1) is 0 Å². The molecule has 1 aliphatic rings. The highest BCUT2D eigenvalue weighted by molar-refractivity contribution is 5.74. The van der Waals surface area contributed by atoms with Crippen LogP contribution in [0.4, 0.5) is 4.79 Å². The number of amides is 2. The van der Waals surface area contributed by atoms with Crippen molar-refractivity contribution in [2.45, 2.75) is 51.7 Å². The van der Waals surface area contributed by atoms with Gasteiger partial charge in [0.15, 0.2) is 0 Å². The Morgan fingerprint density at radius 2 is 2.13 bits per heavy atom. The van der Waals surface area contributed by atoms with Crippen LogP contribution in [0.1, 0.15) is 39.5 Å². The maximum Gasteiger partial charge on any atom is 0.315 e. The van der Waals surface area contributed by atoms with Crippen molar-refractivity contribution in [2.24, 2.45) is 0 Å². The van der Waals surface area contributed by atoms with E-state index in [1.165, 1.54) is 12.8 Å². The Hall–Kier alpha value is -0.770. The van der Waals surface area contributed by atoms with E-state index in [0.29, 0.717) is 19.2 Å². The minimum atomic E-state index is -0.0616. The maximum atomic E-state index is 11.4. The molecule has 15 heavy (non-hydrogen) atoms. The first-order valence-electron chi connectivity index (χ1n) is 5.88. The van der Waals surface area contributed by atoms with E-state index in [4.69, 9.17) is 4.74 Å². The van der Waals surface area contributed by atoms with Gasteiger partial charge < -0.3 is 15.4 Å². The van der Waals surface area contributed by atoms with Gasteiger partial charge in [-0.3, -0.25) is 0 Å². The number of nitrogens with one attached hydrogen (secondary N) is 2. The zero-order chi connectivity index (χ0) is 11.1. The summed E-state index contributed by atoms with van der Waals surface area (Å²) in [5.74, 6) is 0. The summed E-state index contributed by atoms with van der Waals surface area (Å²) < 4.78 is 5.32. The predicted octanol–water partition coefficient (Wildman–Crippen LogP) is 1.65. The van der Waals surface area contributed by atoms with E-state index in [9.17, 15) is 4.79 Å². The third-order valence-electron chi connectivity index (χ3n) is 2.69. The average Bonchev–Trinajstić information content (AvgIpc) is 2.68. The molecular weight excluding hydrogens is 192 g/mol. The molecule has 4 nitrogen and oxygen atoms in total. The molecule has 2 N–H and O–H groups in total. The molecule has 0 aromatic carbocycles. The Bertz CT molecular complexity index is 191. The third-order valence-corrected chi connectivity index (χ3v) is 2.69. The lowest BCUT2D eigenvalue weighted by atomic mass is 10.2. The molecule has 1 atom stereocenters. The molecule has 0 bridgehead atoms. The second-order valence-electron chi connectivity index (χ2n) is 4.10. The molecular formula is C11H22N2O2. The topological polar surface area (TPSA) is 50.4 Å². The van der Waals surface area contributed by atoms with Crippen molar-refractivity contribution in [3.05, 3.63) is 0 Å². The number of hydrogen-bond donors (Lipinski definition) is 2. The lowest BCUT2D eigenvalue weighted by molar-refractivity contribution is 0.0775. The van der Waals surface area contributed by atoms with Crippen molar-refractivity contribution in [1.29, 1.82) is 0 Å². The van der Waals surface area contributed by atoms with E-state index < -0.39 is 0 Å². The smallest absolute Gasteiger partial charge is 0.315 e. The summed E-state index contributed by atoms with van der Waals surface area (Å²) in [6.45, 7) is 5.17. The van der Waals surface area contributed by atoms with E-state index >= 15 is 0 Å². The number of hydrogen-bond acceptors (Lipinski definition) is 2. The van der Waals surface area contributed by atoms with E-state index in [1.807, 2.05) is 13.8 Å². The van der Waals surface area contributed by atoms with Crippen molar-refractivity contribution in [2.75, 3.05) is 13.2 Å². The molecule has 0 aromatic heterocycles. The van der Waals surface area contributed by atoms with Crippen molar-refractivity contribution >= 4 is 6.03 Å². The fourth-order valence-corrected chi connectivity index (χ4v) is 1.89. The van der Waals surface area contributed by atoms with Gasteiger partial charge in [0, 0.05) is 19.2 Å². The maximum absolute atomic E-state index is 11.4. The molecule has 4 heteroatoms. The molecule has 1 aliphatic carbocycles. The molecule has 0 spiro atoms. The van der Waals surface area contributed by atoms with Gasteiger partial charge in [-0.05, 0) is 26.7 Å². The van der Waals surface area contributed by atoms with E-state index in [1.54, 1.807) is 0 Å². The number of carbonyl (C=O) groups is 1. The first-order valence-corrected chi connectivity index (χ1v) is 5.88. The zero-order valence-electron chi connectivity index (χ0n) is 9.71. The third kappa shape index (κ3) is 5.02. The quantitative estimate of drug-likeness (QED) is 0.731. The number of urea groups is 1. The monoisotopic (exact) mass is 214 g/mol. The Labute approximate surface area is 91.8 Å². The molecule has 1 rings (SSSR count). The van der Waals surface area contributed by atoms with Crippen LogP contribution in [-0.4, -0.2) is 31.3 Å². The van der Waals surface area contributed by atoms with Gasteiger partial charge in [0.1, 0.15) is 0 Å². The fourth-order valence-electron chi connectivity index (χ4n) is 1.89.